The number of rotatable bonds is 3. The second-order valence-electron chi connectivity index (χ2n) is 4.41. The average Bonchev–Trinajstić information content (AvgIpc) is 2.70. The largest absolute Gasteiger partial charge is 0.385 e. The van der Waals surface area contributed by atoms with Crippen LogP contribution in [0.15, 0.2) is 4.52 Å². The molecular formula is C10H16N2O4S. The molecule has 7 heteroatoms. The fourth-order valence-corrected chi connectivity index (χ4v) is 3.83. The smallest absolute Gasteiger partial charge is 0.228 e. The maximum absolute atomic E-state index is 11.8. The summed E-state index contributed by atoms with van der Waals surface area (Å²) in [6.45, 7) is 1.53. The molecule has 96 valence electrons. The van der Waals surface area contributed by atoms with E-state index >= 15 is 0 Å². The molecule has 17 heavy (non-hydrogen) atoms. The van der Waals surface area contributed by atoms with E-state index in [1.54, 1.807) is 0 Å². The molecule has 2 heterocycles. The van der Waals surface area contributed by atoms with Gasteiger partial charge in [0.1, 0.15) is 6.10 Å². The summed E-state index contributed by atoms with van der Waals surface area (Å²) < 4.78 is 28.5. The van der Waals surface area contributed by atoms with Gasteiger partial charge in [-0.25, -0.2) is 8.42 Å². The molecule has 6 nitrogen and oxygen atoms in total. The highest BCUT2D eigenvalue weighted by atomic mass is 32.2. The van der Waals surface area contributed by atoms with E-state index in [-0.39, 0.29) is 23.9 Å². The molecule has 1 saturated heterocycles. The molecule has 1 N–H and O–H groups in total. The molecule has 0 aromatic carbocycles. The second kappa shape index (κ2) is 4.73. The summed E-state index contributed by atoms with van der Waals surface area (Å²) in [5, 5.41) is 12.4. The van der Waals surface area contributed by atoms with Gasteiger partial charge in [0.05, 0.1) is 11.0 Å². The van der Waals surface area contributed by atoms with E-state index in [9.17, 15) is 13.5 Å². The maximum atomic E-state index is 11.8. The van der Waals surface area contributed by atoms with E-state index in [0.29, 0.717) is 6.42 Å². The van der Waals surface area contributed by atoms with Gasteiger partial charge in [-0.05, 0) is 19.8 Å². The van der Waals surface area contributed by atoms with Crippen molar-refractivity contribution in [3.63, 3.8) is 0 Å². The van der Waals surface area contributed by atoms with Crippen LogP contribution in [-0.2, 0) is 16.3 Å². The van der Waals surface area contributed by atoms with Crippen LogP contribution in [0, 0.1) is 0 Å². The van der Waals surface area contributed by atoms with Crippen molar-refractivity contribution in [1.29, 1.82) is 0 Å². The molecule has 0 amide bonds. The SMILES string of the molecule is CC(O)c1noc(CC2CCCCS2(=O)=O)n1. The van der Waals surface area contributed by atoms with Crippen LogP contribution in [0.3, 0.4) is 0 Å². The van der Waals surface area contributed by atoms with Crippen molar-refractivity contribution in [2.75, 3.05) is 5.75 Å². The maximum Gasteiger partial charge on any atom is 0.228 e. The predicted molar refractivity (Wildman–Crippen MR) is 60.1 cm³/mol. The van der Waals surface area contributed by atoms with Gasteiger partial charge < -0.3 is 9.63 Å². The first-order valence-corrected chi connectivity index (χ1v) is 7.42. The molecule has 0 spiro atoms. The van der Waals surface area contributed by atoms with Gasteiger partial charge in [0.2, 0.25) is 5.89 Å². The first-order valence-electron chi connectivity index (χ1n) is 5.71. The Morgan fingerprint density at radius 1 is 1.53 bits per heavy atom. The molecule has 1 aromatic rings. The summed E-state index contributed by atoms with van der Waals surface area (Å²) in [4.78, 5) is 3.98. The Bertz CT molecular complexity index is 480. The van der Waals surface area contributed by atoms with Gasteiger partial charge in [0, 0.05) is 6.42 Å². The van der Waals surface area contributed by atoms with E-state index in [1.807, 2.05) is 0 Å². The molecule has 0 radical (unpaired) electrons. The Labute approximate surface area is 99.9 Å². The van der Waals surface area contributed by atoms with Gasteiger partial charge in [0.25, 0.3) is 0 Å². The van der Waals surface area contributed by atoms with Gasteiger partial charge in [-0.2, -0.15) is 4.98 Å². The molecule has 1 aliphatic heterocycles. The molecular weight excluding hydrogens is 244 g/mol. The summed E-state index contributed by atoms with van der Waals surface area (Å²) in [7, 11) is -3.02. The molecule has 0 saturated carbocycles. The Balaban J connectivity index is 2.09. The van der Waals surface area contributed by atoms with Gasteiger partial charge in [0.15, 0.2) is 15.7 Å². The third kappa shape index (κ3) is 2.84. The van der Waals surface area contributed by atoms with E-state index in [4.69, 9.17) is 4.52 Å². The number of aliphatic hydroxyl groups excluding tert-OH is 1. The van der Waals surface area contributed by atoms with Crippen LogP contribution in [0.4, 0.5) is 0 Å². The van der Waals surface area contributed by atoms with Gasteiger partial charge in [-0.3, -0.25) is 0 Å². The van der Waals surface area contributed by atoms with Gasteiger partial charge >= 0.3 is 0 Å². The van der Waals surface area contributed by atoms with Crippen molar-refractivity contribution in [2.45, 2.75) is 44.0 Å². The first-order chi connectivity index (χ1) is 7.99. The van der Waals surface area contributed by atoms with Crippen molar-refractivity contribution in [3.05, 3.63) is 11.7 Å². The standard InChI is InChI=1S/C10H16N2O4S/c1-7(13)10-11-9(16-12-10)6-8-4-2-3-5-17(8,14)15/h7-8,13H,2-6H2,1H3. The summed E-state index contributed by atoms with van der Waals surface area (Å²) in [6.07, 6.45) is 1.76. The van der Waals surface area contributed by atoms with E-state index in [0.717, 1.165) is 12.8 Å². The topological polar surface area (TPSA) is 93.3 Å². The summed E-state index contributed by atoms with van der Waals surface area (Å²) in [5.74, 6) is 0.735. The minimum absolute atomic E-state index is 0.202. The molecule has 2 atom stereocenters. The summed E-state index contributed by atoms with van der Waals surface area (Å²) in [6, 6.07) is 0. The number of aliphatic hydroxyl groups is 1. The van der Waals surface area contributed by atoms with Crippen LogP contribution < -0.4 is 0 Å². The zero-order chi connectivity index (χ0) is 12.5. The zero-order valence-electron chi connectivity index (χ0n) is 9.66. The van der Waals surface area contributed by atoms with Crippen LogP contribution in [-0.4, -0.2) is 34.7 Å². The number of hydrogen-bond donors (Lipinski definition) is 1. The van der Waals surface area contributed by atoms with Crippen LogP contribution >= 0.6 is 0 Å². The third-order valence-electron chi connectivity index (χ3n) is 2.97. The number of aromatic nitrogens is 2. The van der Waals surface area contributed by atoms with Crippen LogP contribution in [0.1, 0.15) is 44.0 Å². The summed E-state index contributed by atoms with van der Waals surface area (Å²) >= 11 is 0. The fourth-order valence-electron chi connectivity index (χ4n) is 1.97. The highest BCUT2D eigenvalue weighted by Crippen LogP contribution is 2.22. The Morgan fingerprint density at radius 3 is 2.88 bits per heavy atom. The minimum Gasteiger partial charge on any atom is -0.385 e. The first kappa shape index (κ1) is 12.5. The average molecular weight is 260 g/mol. The number of sulfone groups is 1. The van der Waals surface area contributed by atoms with Crippen molar-refractivity contribution in [3.8, 4) is 0 Å². The molecule has 1 fully saturated rings. The lowest BCUT2D eigenvalue weighted by molar-refractivity contribution is 0.184. The van der Waals surface area contributed by atoms with Crippen molar-refractivity contribution in [2.24, 2.45) is 0 Å². The fraction of sp³-hybridized carbons (Fsp3) is 0.800. The Morgan fingerprint density at radius 2 is 2.29 bits per heavy atom. The highest BCUT2D eigenvalue weighted by molar-refractivity contribution is 7.92. The van der Waals surface area contributed by atoms with Crippen LogP contribution in [0.2, 0.25) is 0 Å². The second-order valence-corrected chi connectivity index (χ2v) is 6.81. The lowest BCUT2D eigenvalue weighted by atomic mass is 10.1. The number of nitrogens with zero attached hydrogens (tertiary/aromatic N) is 2. The van der Waals surface area contributed by atoms with E-state index < -0.39 is 21.2 Å². The molecule has 2 unspecified atom stereocenters. The van der Waals surface area contributed by atoms with Crippen molar-refractivity contribution >= 4 is 9.84 Å². The normalized spacial score (nSPS) is 25.6. The molecule has 1 aromatic heterocycles. The van der Waals surface area contributed by atoms with E-state index in [2.05, 4.69) is 10.1 Å². The molecule has 2 rings (SSSR count). The van der Waals surface area contributed by atoms with Crippen molar-refractivity contribution in [1.82, 2.24) is 10.1 Å². The zero-order valence-corrected chi connectivity index (χ0v) is 10.5. The lowest BCUT2D eigenvalue weighted by Gasteiger charge is -2.20. The van der Waals surface area contributed by atoms with Crippen molar-refractivity contribution < 1.29 is 18.0 Å². The van der Waals surface area contributed by atoms with Crippen LogP contribution in [0.25, 0.3) is 0 Å². The van der Waals surface area contributed by atoms with Crippen LogP contribution in [0.5, 0.6) is 0 Å². The van der Waals surface area contributed by atoms with Gasteiger partial charge in [-0.15, -0.1) is 0 Å². The predicted octanol–water partition coefficient (Wildman–Crippen LogP) is 0.633. The summed E-state index contributed by atoms with van der Waals surface area (Å²) in [5.41, 5.74) is 0. The quantitative estimate of drug-likeness (QED) is 0.856. The van der Waals surface area contributed by atoms with Gasteiger partial charge in [-0.1, -0.05) is 11.6 Å². The molecule has 1 aliphatic rings. The monoisotopic (exact) mass is 260 g/mol. The van der Waals surface area contributed by atoms with E-state index in [1.165, 1.54) is 6.92 Å². The number of hydrogen-bond acceptors (Lipinski definition) is 6. The molecule has 0 bridgehead atoms. The highest BCUT2D eigenvalue weighted by Gasteiger charge is 2.30. The molecule has 0 aliphatic carbocycles. The Kier molecular flexibility index (Phi) is 3.48. The third-order valence-corrected chi connectivity index (χ3v) is 5.25. The lowest BCUT2D eigenvalue weighted by Crippen LogP contribution is -2.30. The Hall–Kier alpha value is -0.950. The minimum atomic E-state index is -3.02.